The molecule has 0 aliphatic carbocycles. The lowest BCUT2D eigenvalue weighted by Gasteiger charge is -2.17. The Hall–Kier alpha value is -1.88. The van der Waals surface area contributed by atoms with Gasteiger partial charge in [0.05, 0.1) is 4.47 Å². The zero-order chi connectivity index (χ0) is 14.3. The number of nitrogen functional groups attached to an aromatic ring is 1. The maximum atomic E-state index is 13.2. The van der Waals surface area contributed by atoms with Gasteiger partial charge in [-0.1, -0.05) is 0 Å². The van der Waals surface area contributed by atoms with Crippen molar-refractivity contribution in [2.24, 2.45) is 0 Å². The second-order valence-corrected chi connectivity index (χ2v) is 5.58. The molecular weight excluding hydrogens is 323 g/mol. The summed E-state index contributed by atoms with van der Waals surface area (Å²) in [5.74, 6) is -0.509. The Morgan fingerprint density at radius 2 is 2.05 bits per heavy atom. The van der Waals surface area contributed by atoms with Gasteiger partial charge in [-0.25, -0.2) is 4.39 Å². The predicted molar refractivity (Wildman–Crippen MR) is 80.3 cm³/mol. The van der Waals surface area contributed by atoms with E-state index >= 15 is 0 Å². The number of nitrogens with zero attached hydrogens (tertiary/aromatic N) is 1. The first-order valence-corrected chi connectivity index (χ1v) is 7.01. The average Bonchev–Trinajstić information content (AvgIpc) is 2.84. The molecule has 0 saturated heterocycles. The Morgan fingerprint density at radius 1 is 1.25 bits per heavy atom. The number of carbonyl (C=O) groups excluding carboxylic acids is 1. The molecule has 2 aromatic carbocycles. The van der Waals surface area contributed by atoms with E-state index in [0.717, 1.165) is 17.7 Å². The number of halogens is 2. The second-order valence-electron chi connectivity index (χ2n) is 4.72. The predicted octanol–water partition coefficient (Wildman–Crippen LogP) is 3.37. The third kappa shape index (κ3) is 2.18. The molecule has 0 aromatic heterocycles. The standard InChI is InChI=1S/C15H12BrFN2O/c16-12-8-10(1-3-13(12)17)15(20)19-6-5-9-7-11(18)2-4-14(9)19/h1-4,7-8H,5-6,18H2. The maximum absolute atomic E-state index is 13.2. The van der Waals surface area contributed by atoms with Crippen LogP contribution in [0.2, 0.25) is 0 Å². The fraction of sp³-hybridized carbons (Fsp3) is 0.133. The van der Waals surface area contributed by atoms with Crippen LogP contribution in [0, 0.1) is 5.82 Å². The summed E-state index contributed by atoms with van der Waals surface area (Å²) in [7, 11) is 0. The van der Waals surface area contributed by atoms with E-state index in [2.05, 4.69) is 15.9 Å². The number of rotatable bonds is 1. The van der Waals surface area contributed by atoms with Gasteiger partial charge in [-0.05, 0) is 64.3 Å². The summed E-state index contributed by atoms with van der Waals surface area (Å²) in [6.45, 7) is 0.618. The number of hydrogen-bond donors (Lipinski definition) is 1. The number of amides is 1. The van der Waals surface area contributed by atoms with Gasteiger partial charge in [-0.3, -0.25) is 4.79 Å². The molecule has 0 saturated carbocycles. The van der Waals surface area contributed by atoms with Crippen molar-refractivity contribution in [1.29, 1.82) is 0 Å². The summed E-state index contributed by atoms with van der Waals surface area (Å²) in [5, 5.41) is 0. The van der Waals surface area contributed by atoms with Crippen LogP contribution >= 0.6 is 15.9 Å². The molecule has 0 spiro atoms. The molecule has 1 aliphatic heterocycles. The van der Waals surface area contributed by atoms with Gasteiger partial charge in [0, 0.05) is 23.5 Å². The summed E-state index contributed by atoms with van der Waals surface area (Å²) in [4.78, 5) is 14.2. The summed E-state index contributed by atoms with van der Waals surface area (Å²) >= 11 is 3.10. The highest BCUT2D eigenvalue weighted by atomic mass is 79.9. The monoisotopic (exact) mass is 334 g/mol. The normalized spacial score (nSPS) is 13.4. The molecule has 2 N–H and O–H groups in total. The summed E-state index contributed by atoms with van der Waals surface area (Å²) in [6, 6.07) is 9.82. The molecular formula is C15H12BrFN2O. The zero-order valence-electron chi connectivity index (χ0n) is 10.6. The molecule has 0 bridgehead atoms. The highest BCUT2D eigenvalue weighted by molar-refractivity contribution is 9.10. The molecule has 5 heteroatoms. The van der Waals surface area contributed by atoms with Gasteiger partial charge in [0.25, 0.3) is 5.91 Å². The smallest absolute Gasteiger partial charge is 0.258 e. The second kappa shape index (κ2) is 4.90. The van der Waals surface area contributed by atoms with E-state index in [1.165, 1.54) is 18.2 Å². The molecule has 0 unspecified atom stereocenters. The van der Waals surface area contributed by atoms with E-state index < -0.39 is 0 Å². The lowest BCUT2D eigenvalue weighted by atomic mass is 10.1. The fourth-order valence-corrected chi connectivity index (χ4v) is 2.80. The summed E-state index contributed by atoms with van der Waals surface area (Å²) in [5.41, 5.74) is 8.85. The fourth-order valence-electron chi connectivity index (χ4n) is 2.42. The van der Waals surface area contributed by atoms with Crippen LogP contribution in [-0.4, -0.2) is 12.5 Å². The van der Waals surface area contributed by atoms with Crippen LogP contribution in [-0.2, 0) is 6.42 Å². The molecule has 2 aromatic rings. The first kappa shape index (κ1) is 13.1. The van der Waals surface area contributed by atoms with E-state index in [9.17, 15) is 9.18 Å². The number of benzene rings is 2. The summed E-state index contributed by atoms with van der Waals surface area (Å²) < 4.78 is 13.5. The average molecular weight is 335 g/mol. The molecule has 1 amide bonds. The molecule has 1 heterocycles. The van der Waals surface area contributed by atoms with Crippen LogP contribution in [0.3, 0.4) is 0 Å². The number of fused-ring (bicyclic) bond motifs is 1. The topological polar surface area (TPSA) is 46.3 Å². The minimum absolute atomic E-state index is 0.130. The Morgan fingerprint density at radius 3 is 2.80 bits per heavy atom. The van der Waals surface area contributed by atoms with E-state index in [1.54, 1.807) is 11.0 Å². The zero-order valence-corrected chi connectivity index (χ0v) is 12.2. The molecule has 0 fully saturated rings. The van der Waals surface area contributed by atoms with E-state index in [1.807, 2.05) is 12.1 Å². The number of anilines is 2. The van der Waals surface area contributed by atoms with Crippen molar-refractivity contribution < 1.29 is 9.18 Å². The van der Waals surface area contributed by atoms with Crippen LogP contribution in [0.25, 0.3) is 0 Å². The Bertz CT molecular complexity index is 702. The Labute approximate surface area is 124 Å². The molecule has 3 nitrogen and oxygen atoms in total. The highest BCUT2D eigenvalue weighted by Gasteiger charge is 2.25. The molecule has 1 aliphatic rings. The van der Waals surface area contributed by atoms with Crippen molar-refractivity contribution in [3.63, 3.8) is 0 Å². The lowest BCUT2D eigenvalue weighted by molar-refractivity contribution is 0.0989. The lowest BCUT2D eigenvalue weighted by Crippen LogP contribution is -2.28. The third-order valence-electron chi connectivity index (χ3n) is 3.41. The van der Waals surface area contributed by atoms with Crippen molar-refractivity contribution in [2.45, 2.75) is 6.42 Å². The van der Waals surface area contributed by atoms with Gasteiger partial charge in [-0.15, -0.1) is 0 Å². The first-order valence-electron chi connectivity index (χ1n) is 6.21. The Kier molecular flexibility index (Phi) is 3.22. The van der Waals surface area contributed by atoms with Crippen molar-refractivity contribution in [1.82, 2.24) is 0 Å². The van der Waals surface area contributed by atoms with Crippen molar-refractivity contribution >= 4 is 33.2 Å². The molecule has 102 valence electrons. The van der Waals surface area contributed by atoms with Crippen molar-refractivity contribution in [2.75, 3.05) is 17.2 Å². The van der Waals surface area contributed by atoms with Crippen molar-refractivity contribution in [3.05, 3.63) is 57.8 Å². The SMILES string of the molecule is Nc1ccc2c(c1)CCN2C(=O)c1ccc(F)c(Br)c1. The van der Waals surface area contributed by atoms with Gasteiger partial charge < -0.3 is 10.6 Å². The molecule has 20 heavy (non-hydrogen) atoms. The summed E-state index contributed by atoms with van der Waals surface area (Å²) in [6.07, 6.45) is 0.786. The number of carbonyl (C=O) groups is 1. The van der Waals surface area contributed by atoms with Gasteiger partial charge in [0.15, 0.2) is 0 Å². The number of nitrogens with two attached hydrogens (primary N) is 1. The van der Waals surface area contributed by atoms with Gasteiger partial charge in [-0.2, -0.15) is 0 Å². The van der Waals surface area contributed by atoms with Crippen LogP contribution in [0.1, 0.15) is 15.9 Å². The molecule has 0 radical (unpaired) electrons. The molecule has 3 rings (SSSR count). The van der Waals surface area contributed by atoms with E-state index in [-0.39, 0.29) is 11.7 Å². The first-order chi connectivity index (χ1) is 9.56. The minimum atomic E-state index is -0.379. The van der Waals surface area contributed by atoms with Crippen LogP contribution in [0.15, 0.2) is 40.9 Å². The maximum Gasteiger partial charge on any atom is 0.258 e. The Balaban J connectivity index is 1.95. The third-order valence-corrected chi connectivity index (χ3v) is 4.02. The van der Waals surface area contributed by atoms with Gasteiger partial charge in [0.2, 0.25) is 0 Å². The minimum Gasteiger partial charge on any atom is -0.399 e. The van der Waals surface area contributed by atoms with Crippen LogP contribution < -0.4 is 10.6 Å². The van der Waals surface area contributed by atoms with E-state index in [0.29, 0.717) is 22.3 Å². The van der Waals surface area contributed by atoms with Gasteiger partial charge >= 0.3 is 0 Å². The van der Waals surface area contributed by atoms with Gasteiger partial charge in [0.1, 0.15) is 5.82 Å². The quantitative estimate of drug-likeness (QED) is 0.812. The van der Waals surface area contributed by atoms with E-state index in [4.69, 9.17) is 5.73 Å². The number of hydrogen-bond acceptors (Lipinski definition) is 2. The molecule has 0 atom stereocenters. The highest BCUT2D eigenvalue weighted by Crippen LogP contribution is 2.31. The van der Waals surface area contributed by atoms with Crippen LogP contribution in [0.4, 0.5) is 15.8 Å². The largest absolute Gasteiger partial charge is 0.399 e. The van der Waals surface area contributed by atoms with Crippen LogP contribution in [0.5, 0.6) is 0 Å². The van der Waals surface area contributed by atoms with Crippen molar-refractivity contribution in [3.8, 4) is 0 Å².